The highest BCUT2D eigenvalue weighted by Crippen LogP contribution is 2.21. The van der Waals surface area contributed by atoms with Crippen molar-refractivity contribution in [2.75, 3.05) is 7.11 Å². The molecule has 3 aromatic carbocycles. The highest BCUT2D eigenvalue weighted by molar-refractivity contribution is 5.97. The minimum atomic E-state index is 0.114. The van der Waals surface area contributed by atoms with Crippen LogP contribution in [0.25, 0.3) is 0 Å². The fourth-order valence-corrected chi connectivity index (χ4v) is 2.60. The molecule has 0 heterocycles. The minimum Gasteiger partial charge on any atom is -0.496 e. The number of hydrogen-bond acceptors (Lipinski definition) is 3. The number of ketones is 1. The summed E-state index contributed by atoms with van der Waals surface area (Å²) in [4.78, 5) is 12.2. The number of hydrogen-bond donors (Lipinski definition) is 0. The minimum absolute atomic E-state index is 0.114. The number of carbonyl (C=O) groups excluding carboxylic acids is 1. The van der Waals surface area contributed by atoms with Gasteiger partial charge < -0.3 is 9.47 Å². The van der Waals surface area contributed by atoms with Gasteiger partial charge in [0, 0.05) is 17.5 Å². The number of Topliss-reactive ketones (excluding diaryl/α,β-unsaturated/α-hetero) is 1. The SMILES string of the molecule is COc1ccccc1COc1ccc(CC(=O)c2ccccc2)cc1. The van der Waals surface area contributed by atoms with Crippen molar-refractivity contribution in [1.82, 2.24) is 0 Å². The molecule has 126 valence electrons. The summed E-state index contributed by atoms with van der Waals surface area (Å²) < 4.78 is 11.1. The quantitative estimate of drug-likeness (QED) is 0.588. The summed E-state index contributed by atoms with van der Waals surface area (Å²) in [5.41, 5.74) is 2.70. The van der Waals surface area contributed by atoms with Crippen LogP contribution in [0.3, 0.4) is 0 Å². The molecule has 0 unspecified atom stereocenters. The van der Waals surface area contributed by atoms with Crippen molar-refractivity contribution in [3.05, 3.63) is 95.6 Å². The molecule has 0 bridgehead atoms. The lowest BCUT2D eigenvalue weighted by atomic mass is 10.0. The van der Waals surface area contributed by atoms with Crippen molar-refractivity contribution in [1.29, 1.82) is 0 Å². The van der Waals surface area contributed by atoms with Crippen LogP contribution in [-0.4, -0.2) is 12.9 Å². The van der Waals surface area contributed by atoms with Gasteiger partial charge in [0.2, 0.25) is 0 Å². The van der Waals surface area contributed by atoms with Crippen LogP contribution in [0.15, 0.2) is 78.9 Å². The Morgan fingerprint density at radius 2 is 1.52 bits per heavy atom. The third-order valence-corrected chi connectivity index (χ3v) is 3.97. The number of carbonyl (C=O) groups is 1. The molecule has 0 amide bonds. The molecule has 0 fully saturated rings. The summed E-state index contributed by atoms with van der Waals surface area (Å²) in [6.07, 6.45) is 0.386. The van der Waals surface area contributed by atoms with Gasteiger partial charge in [0.25, 0.3) is 0 Å². The average Bonchev–Trinajstić information content (AvgIpc) is 2.68. The standard InChI is InChI=1S/C22H20O3/c1-24-22-10-6-5-9-19(22)16-25-20-13-11-17(12-14-20)15-21(23)18-7-3-2-4-8-18/h2-14H,15-16H2,1H3. The molecule has 3 rings (SSSR count). The maximum absolute atomic E-state index is 12.2. The van der Waals surface area contributed by atoms with Gasteiger partial charge in [0.05, 0.1) is 7.11 Å². The third kappa shape index (κ3) is 4.48. The van der Waals surface area contributed by atoms with E-state index in [-0.39, 0.29) is 5.78 Å². The highest BCUT2D eigenvalue weighted by atomic mass is 16.5. The van der Waals surface area contributed by atoms with Crippen molar-refractivity contribution < 1.29 is 14.3 Å². The second-order valence-corrected chi connectivity index (χ2v) is 5.71. The van der Waals surface area contributed by atoms with Crippen LogP contribution in [-0.2, 0) is 13.0 Å². The van der Waals surface area contributed by atoms with E-state index in [4.69, 9.17) is 9.47 Å². The Morgan fingerprint density at radius 3 is 2.24 bits per heavy atom. The Morgan fingerprint density at radius 1 is 0.840 bits per heavy atom. The Bertz CT molecular complexity index is 823. The van der Waals surface area contributed by atoms with Gasteiger partial charge in [0.1, 0.15) is 18.1 Å². The molecule has 3 nitrogen and oxygen atoms in total. The zero-order valence-corrected chi connectivity index (χ0v) is 14.1. The predicted molar refractivity (Wildman–Crippen MR) is 98.2 cm³/mol. The van der Waals surface area contributed by atoms with Crippen molar-refractivity contribution >= 4 is 5.78 Å². The molecule has 0 aliphatic rings. The summed E-state index contributed by atoms with van der Waals surface area (Å²) in [6.45, 7) is 0.437. The van der Waals surface area contributed by atoms with Crippen LogP contribution >= 0.6 is 0 Å². The molecule has 0 aromatic heterocycles. The topological polar surface area (TPSA) is 35.5 Å². The maximum Gasteiger partial charge on any atom is 0.167 e. The van der Waals surface area contributed by atoms with Crippen LogP contribution in [0.5, 0.6) is 11.5 Å². The fraction of sp³-hybridized carbons (Fsp3) is 0.136. The summed E-state index contributed by atoms with van der Waals surface area (Å²) in [5.74, 6) is 1.69. The van der Waals surface area contributed by atoms with E-state index in [0.717, 1.165) is 28.2 Å². The second kappa shape index (κ2) is 8.15. The Balaban J connectivity index is 1.60. The fourth-order valence-electron chi connectivity index (χ4n) is 2.60. The van der Waals surface area contributed by atoms with Gasteiger partial charge in [-0.15, -0.1) is 0 Å². The Kier molecular flexibility index (Phi) is 5.47. The summed E-state index contributed by atoms with van der Waals surface area (Å²) in [5, 5.41) is 0. The number of benzene rings is 3. The number of methoxy groups -OCH3 is 1. The van der Waals surface area contributed by atoms with Crippen molar-refractivity contribution in [2.45, 2.75) is 13.0 Å². The van der Waals surface area contributed by atoms with Crippen molar-refractivity contribution in [3.8, 4) is 11.5 Å². The van der Waals surface area contributed by atoms with E-state index in [2.05, 4.69) is 0 Å². The predicted octanol–water partition coefficient (Wildman–Crippen LogP) is 4.70. The van der Waals surface area contributed by atoms with Gasteiger partial charge in [-0.05, 0) is 23.8 Å². The summed E-state index contributed by atoms with van der Waals surface area (Å²) in [7, 11) is 1.65. The van der Waals surface area contributed by atoms with Crippen LogP contribution in [0.2, 0.25) is 0 Å². The van der Waals surface area contributed by atoms with E-state index in [1.165, 1.54) is 0 Å². The zero-order valence-electron chi connectivity index (χ0n) is 14.1. The number of rotatable bonds is 7. The smallest absolute Gasteiger partial charge is 0.167 e. The number of ether oxygens (including phenoxy) is 2. The lowest BCUT2D eigenvalue weighted by molar-refractivity contribution is 0.0993. The van der Waals surface area contributed by atoms with E-state index < -0.39 is 0 Å². The van der Waals surface area contributed by atoms with E-state index in [1.807, 2.05) is 78.9 Å². The molecular weight excluding hydrogens is 312 g/mol. The molecule has 0 atom stereocenters. The molecule has 0 radical (unpaired) electrons. The molecule has 0 spiro atoms. The Hall–Kier alpha value is -3.07. The van der Waals surface area contributed by atoms with E-state index in [9.17, 15) is 4.79 Å². The lowest BCUT2D eigenvalue weighted by Crippen LogP contribution is -2.03. The highest BCUT2D eigenvalue weighted by Gasteiger charge is 2.07. The van der Waals surface area contributed by atoms with Gasteiger partial charge >= 0.3 is 0 Å². The molecule has 0 N–H and O–H groups in total. The molecule has 3 heteroatoms. The van der Waals surface area contributed by atoms with E-state index in [0.29, 0.717) is 13.0 Å². The first-order valence-electron chi connectivity index (χ1n) is 8.18. The lowest BCUT2D eigenvalue weighted by Gasteiger charge is -2.10. The largest absolute Gasteiger partial charge is 0.496 e. The van der Waals surface area contributed by atoms with E-state index >= 15 is 0 Å². The summed E-state index contributed by atoms with van der Waals surface area (Å²) >= 11 is 0. The molecule has 0 saturated carbocycles. The van der Waals surface area contributed by atoms with Crippen molar-refractivity contribution in [3.63, 3.8) is 0 Å². The average molecular weight is 332 g/mol. The van der Waals surface area contributed by atoms with Crippen LogP contribution in [0.1, 0.15) is 21.5 Å². The second-order valence-electron chi connectivity index (χ2n) is 5.71. The first-order valence-corrected chi connectivity index (χ1v) is 8.18. The maximum atomic E-state index is 12.2. The first kappa shape index (κ1) is 16.8. The molecule has 0 saturated heterocycles. The van der Waals surface area contributed by atoms with E-state index in [1.54, 1.807) is 7.11 Å². The molecule has 3 aromatic rings. The molecule has 0 aliphatic carbocycles. The first-order chi connectivity index (χ1) is 12.3. The van der Waals surface area contributed by atoms with Gasteiger partial charge in [-0.1, -0.05) is 60.7 Å². The van der Waals surface area contributed by atoms with Gasteiger partial charge in [0.15, 0.2) is 5.78 Å². The van der Waals surface area contributed by atoms with Crippen LogP contribution < -0.4 is 9.47 Å². The van der Waals surface area contributed by atoms with Crippen LogP contribution in [0.4, 0.5) is 0 Å². The normalized spacial score (nSPS) is 10.3. The molecule has 25 heavy (non-hydrogen) atoms. The Labute approximate surface area is 147 Å². The summed E-state index contributed by atoms with van der Waals surface area (Å²) in [6, 6.07) is 24.8. The number of para-hydroxylation sites is 1. The van der Waals surface area contributed by atoms with Gasteiger partial charge in [-0.3, -0.25) is 4.79 Å². The monoisotopic (exact) mass is 332 g/mol. The molecule has 0 aliphatic heterocycles. The van der Waals surface area contributed by atoms with Crippen molar-refractivity contribution in [2.24, 2.45) is 0 Å². The van der Waals surface area contributed by atoms with Gasteiger partial charge in [-0.25, -0.2) is 0 Å². The molecular formula is C22H20O3. The third-order valence-electron chi connectivity index (χ3n) is 3.97. The van der Waals surface area contributed by atoms with Crippen LogP contribution in [0, 0.1) is 0 Å². The van der Waals surface area contributed by atoms with Gasteiger partial charge in [-0.2, -0.15) is 0 Å². The zero-order chi connectivity index (χ0) is 17.5.